The Morgan fingerprint density at radius 3 is 2.35 bits per heavy atom. The van der Waals surface area contributed by atoms with Gasteiger partial charge in [-0.15, -0.1) is 0 Å². The summed E-state index contributed by atoms with van der Waals surface area (Å²) in [4.78, 5) is 36.7. The number of amides is 2. The van der Waals surface area contributed by atoms with Crippen LogP contribution in [0.5, 0.6) is 0 Å². The van der Waals surface area contributed by atoms with Crippen molar-refractivity contribution in [1.82, 2.24) is 0 Å². The summed E-state index contributed by atoms with van der Waals surface area (Å²) in [5, 5.41) is 14.5. The lowest BCUT2D eigenvalue weighted by molar-refractivity contribution is -0.131. The normalized spacial score (nSPS) is 14.0. The average Bonchev–Trinajstić information content (AvgIpc) is 3.44. The molecular formula is C20H17N3O3. The van der Waals surface area contributed by atoms with Crippen LogP contribution in [0.4, 0.5) is 11.4 Å². The van der Waals surface area contributed by atoms with E-state index >= 15 is 0 Å². The van der Waals surface area contributed by atoms with Gasteiger partial charge in [-0.1, -0.05) is 24.3 Å². The number of carbonyl (C=O) groups is 3. The Labute approximate surface area is 150 Å². The minimum absolute atomic E-state index is 0.104. The van der Waals surface area contributed by atoms with Crippen molar-refractivity contribution in [3.63, 3.8) is 0 Å². The highest BCUT2D eigenvalue weighted by molar-refractivity contribution is 6.17. The average molecular weight is 347 g/mol. The molecule has 1 aliphatic carbocycles. The molecule has 0 saturated heterocycles. The molecule has 0 unspecified atom stereocenters. The smallest absolute Gasteiger partial charge is 0.240 e. The maximum absolute atomic E-state index is 12.6. The lowest BCUT2D eigenvalue weighted by atomic mass is 10.0. The molecule has 2 N–H and O–H groups in total. The van der Waals surface area contributed by atoms with Crippen molar-refractivity contribution in [2.75, 3.05) is 10.6 Å². The number of para-hydroxylation sites is 1. The number of ketones is 1. The molecule has 0 heterocycles. The molecule has 26 heavy (non-hydrogen) atoms. The summed E-state index contributed by atoms with van der Waals surface area (Å²) in [5.74, 6) is -0.946. The zero-order valence-corrected chi connectivity index (χ0v) is 14.2. The maximum atomic E-state index is 12.6. The zero-order valence-electron chi connectivity index (χ0n) is 14.2. The van der Waals surface area contributed by atoms with Gasteiger partial charge < -0.3 is 10.6 Å². The summed E-state index contributed by atoms with van der Waals surface area (Å²) >= 11 is 0. The highest BCUT2D eigenvalue weighted by atomic mass is 16.2. The summed E-state index contributed by atoms with van der Waals surface area (Å²) in [6.07, 6.45) is 0.873. The third kappa shape index (κ3) is 3.33. The van der Waals surface area contributed by atoms with Gasteiger partial charge in [0.25, 0.3) is 0 Å². The van der Waals surface area contributed by atoms with Crippen molar-refractivity contribution in [3.05, 3.63) is 59.7 Å². The molecule has 1 fully saturated rings. The Morgan fingerprint density at radius 2 is 1.69 bits per heavy atom. The topological polar surface area (TPSA) is 99.1 Å². The minimum atomic E-state index is -1.14. The first kappa shape index (κ1) is 17.4. The second-order valence-corrected chi connectivity index (χ2v) is 6.28. The van der Waals surface area contributed by atoms with E-state index in [1.165, 1.54) is 6.92 Å². The molecule has 2 aromatic rings. The molecule has 6 nitrogen and oxygen atoms in total. The number of benzene rings is 2. The summed E-state index contributed by atoms with van der Waals surface area (Å²) in [7, 11) is 0. The molecular weight excluding hydrogens is 330 g/mol. The second-order valence-electron chi connectivity index (χ2n) is 6.28. The standard InChI is InChI=1S/C20H17N3O3/c1-13(24)14-6-4-7-16(11-14)22-18(25)20(9-10-20)19(26)23-17-8-3-2-5-15(17)12-21/h2-8,11H,9-10H2,1H3,(H,22,25)(H,23,26). The van der Waals surface area contributed by atoms with Crippen LogP contribution in [0, 0.1) is 16.7 Å². The third-order valence-electron chi connectivity index (χ3n) is 4.44. The van der Waals surface area contributed by atoms with Crippen LogP contribution in [0.1, 0.15) is 35.7 Å². The van der Waals surface area contributed by atoms with Crippen molar-refractivity contribution >= 4 is 29.0 Å². The lowest BCUT2D eigenvalue weighted by Gasteiger charge is -2.16. The van der Waals surface area contributed by atoms with E-state index in [1.807, 2.05) is 6.07 Å². The fraction of sp³-hybridized carbons (Fsp3) is 0.200. The van der Waals surface area contributed by atoms with E-state index in [-0.39, 0.29) is 5.78 Å². The van der Waals surface area contributed by atoms with Crippen LogP contribution < -0.4 is 10.6 Å². The number of anilines is 2. The van der Waals surface area contributed by atoms with Gasteiger partial charge in [0.05, 0.1) is 11.3 Å². The van der Waals surface area contributed by atoms with Crippen LogP contribution in [0.15, 0.2) is 48.5 Å². The Bertz CT molecular complexity index is 939. The molecule has 0 atom stereocenters. The SMILES string of the molecule is CC(=O)c1cccc(NC(=O)C2(C(=O)Nc3ccccc3C#N)CC2)c1. The number of nitriles is 1. The highest BCUT2D eigenvalue weighted by Crippen LogP contribution is 2.47. The van der Waals surface area contributed by atoms with Crippen molar-refractivity contribution in [1.29, 1.82) is 5.26 Å². The van der Waals surface area contributed by atoms with E-state index in [2.05, 4.69) is 10.6 Å². The first-order valence-electron chi connectivity index (χ1n) is 8.19. The van der Waals surface area contributed by atoms with Crippen LogP contribution in [-0.4, -0.2) is 17.6 Å². The van der Waals surface area contributed by atoms with Crippen molar-refractivity contribution in [2.45, 2.75) is 19.8 Å². The van der Waals surface area contributed by atoms with Gasteiger partial charge in [0.15, 0.2) is 5.78 Å². The minimum Gasteiger partial charge on any atom is -0.325 e. The molecule has 1 aliphatic rings. The summed E-state index contributed by atoms with van der Waals surface area (Å²) < 4.78 is 0. The molecule has 0 bridgehead atoms. The largest absolute Gasteiger partial charge is 0.325 e. The van der Waals surface area contributed by atoms with Crippen molar-refractivity contribution < 1.29 is 14.4 Å². The third-order valence-corrected chi connectivity index (χ3v) is 4.44. The number of hydrogen-bond acceptors (Lipinski definition) is 4. The van der Waals surface area contributed by atoms with E-state index < -0.39 is 17.2 Å². The van der Waals surface area contributed by atoms with Gasteiger partial charge in [0.1, 0.15) is 11.5 Å². The van der Waals surface area contributed by atoms with Crippen LogP contribution in [0.25, 0.3) is 0 Å². The van der Waals surface area contributed by atoms with Crippen LogP contribution in [0.2, 0.25) is 0 Å². The number of hydrogen-bond donors (Lipinski definition) is 2. The van der Waals surface area contributed by atoms with E-state index in [0.29, 0.717) is 35.3 Å². The van der Waals surface area contributed by atoms with Gasteiger partial charge in [0.2, 0.25) is 11.8 Å². The van der Waals surface area contributed by atoms with Gasteiger partial charge in [-0.25, -0.2) is 0 Å². The molecule has 0 spiro atoms. The van der Waals surface area contributed by atoms with E-state index in [1.54, 1.807) is 48.5 Å². The molecule has 3 rings (SSSR count). The van der Waals surface area contributed by atoms with Gasteiger partial charge in [-0.2, -0.15) is 5.26 Å². The Balaban J connectivity index is 1.75. The summed E-state index contributed by atoms with van der Waals surface area (Å²) in [6.45, 7) is 1.45. The van der Waals surface area contributed by atoms with E-state index in [9.17, 15) is 14.4 Å². The number of carbonyl (C=O) groups excluding carboxylic acids is 3. The number of nitrogens with one attached hydrogen (secondary N) is 2. The fourth-order valence-corrected chi connectivity index (χ4v) is 2.68. The monoisotopic (exact) mass is 347 g/mol. The Hall–Kier alpha value is -3.46. The fourth-order valence-electron chi connectivity index (χ4n) is 2.68. The van der Waals surface area contributed by atoms with Gasteiger partial charge in [0, 0.05) is 11.3 Å². The van der Waals surface area contributed by atoms with Crippen molar-refractivity contribution in [3.8, 4) is 6.07 Å². The molecule has 130 valence electrons. The zero-order chi connectivity index (χ0) is 18.7. The quantitative estimate of drug-likeness (QED) is 0.641. The first-order valence-corrected chi connectivity index (χ1v) is 8.19. The molecule has 0 aliphatic heterocycles. The molecule has 2 aromatic carbocycles. The van der Waals surface area contributed by atoms with Gasteiger partial charge in [-0.05, 0) is 44.0 Å². The van der Waals surface area contributed by atoms with Gasteiger partial charge in [-0.3, -0.25) is 14.4 Å². The summed E-state index contributed by atoms with van der Waals surface area (Å²) in [5.41, 5.74) is 0.539. The number of rotatable bonds is 5. The van der Waals surface area contributed by atoms with Crippen LogP contribution in [0.3, 0.4) is 0 Å². The Morgan fingerprint density at radius 1 is 1.00 bits per heavy atom. The number of Topliss-reactive ketones (excluding diaryl/α,β-unsaturated/α-hetero) is 1. The van der Waals surface area contributed by atoms with Crippen LogP contribution in [-0.2, 0) is 9.59 Å². The number of nitrogens with zero attached hydrogens (tertiary/aromatic N) is 1. The Kier molecular flexibility index (Phi) is 4.55. The molecule has 0 aromatic heterocycles. The predicted octanol–water partition coefficient (Wildman–Crippen LogP) is 3.12. The molecule has 0 radical (unpaired) electrons. The van der Waals surface area contributed by atoms with E-state index in [0.717, 1.165) is 0 Å². The second kappa shape index (κ2) is 6.81. The van der Waals surface area contributed by atoms with Crippen LogP contribution >= 0.6 is 0 Å². The molecule has 6 heteroatoms. The predicted molar refractivity (Wildman–Crippen MR) is 96.5 cm³/mol. The summed E-state index contributed by atoms with van der Waals surface area (Å²) in [6, 6.07) is 15.2. The lowest BCUT2D eigenvalue weighted by Crippen LogP contribution is -2.35. The van der Waals surface area contributed by atoms with E-state index in [4.69, 9.17) is 5.26 Å². The first-order chi connectivity index (χ1) is 12.5. The molecule has 2 amide bonds. The highest BCUT2D eigenvalue weighted by Gasteiger charge is 2.56. The van der Waals surface area contributed by atoms with Gasteiger partial charge >= 0.3 is 0 Å². The molecule has 1 saturated carbocycles. The van der Waals surface area contributed by atoms with Crippen molar-refractivity contribution in [2.24, 2.45) is 5.41 Å². The maximum Gasteiger partial charge on any atom is 0.240 e.